The number of fused-ring (bicyclic) bond motifs is 2. The van der Waals surface area contributed by atoms with Gasteiger partial charge in [0, 0.05) is 38.0 Å². The van der Waals surface area contributed by atoms with Gasteiger partial charge in [0.15, 0.2) is 11.5 Å². The number of likely N-dealkylation sites (tertiary alicyclic amines) is 1. The van der Waals surface area contributed by atoms with E-state index in [1.165, 1.54) is 4.57 Å². The third-order valence-electron chi connectivity index (χ3n) is 6.62. The summed E-state index contributed by atoms with van der Waals surface area (Å²) in [5.41, 5.74) is 11.8. The first-order valence-corrected chi connectivity index (χ1v) is 14.1. The van der Waals surface area contributed by atoms with E-state index < -0.39 is 21.7 Å². The van der Waals surface area contributed by atoms with Gasteiger partial charge in [-0.3, -0.25) is 14.8 Å². The second kappa shape index (κ2) is 13.5. The van der Waals surface area contributed by atoms with E-state index in [0.29, 0.717) is 29.1 Å². The van der Waals surface area contributed by atoms with Gasteiger partial charge in [-0.1, -0.05) is 48.5 Å². The number of piperidine rings is 1. The molecule has 1 aliphatic rings. The lowest BCUT2D eigenvalue weighted by atomic mass is 9.99. The largest absolute Gasteiger partial charge is 0.419 e. The van der Waals surface area contributed by atoms with E-state index in [2.05, 4.69) is 4.72 Å². The molecule has 5 rings (SSSR count). The lowest BCUT2D eigenvalue weighted by Gasteiger charge is -2.32. The molecule has 40 heavy (non-hydrogen) atoms. The van der Waals surface area contributed by atoms with Gasteiger partial charge in [-0.05, 0) is 42.3 Å². The van der Waals surface area contributed by atoms with Gasteiger partial charge in [0.05, 0.1) is 10.4 Å². The molecule has 1 amide bonds. The number of benzene rings is 3. The second-order valence-electron chi connectivity index (χ2n) is 9.37. The number of oxazole rings is 1. The summed E-state index contributed by atoms with van der Waals surface area (Å²) in [5, 5.41) is 9.15. The van der Waals surface area contributed by atoms with Crippen LogP contribution in [0.1, 0.15) is 19.3 Å². The zero-order valence-electron chi connectivity index (χ0n) is 21.8. The Morgan fingerprint density at radius 2 is 1.75 bits per heavy atom. The van der Waals surface area contributed by atoms with Crippen LogP contribution in [0.25, 0.3) is 21.9 Å². The van der Waals surface area contributed by atoms with E-state index in [-0.39, 0.29) is 37.3 Å². The molecule has 3 aromatic carbocycles. The lowest BCUT2D eigenvalue weighted by molar-refractivity contribution is -0.118. The Morgan fingerprint density at radius 3 is 2.50 bits per heavy atom. The van der Waals surface area contributed by atoms with Crippen LogP contribution < -0.4 is 21.9 Å². The molecule has 1 atom stereocenters. The Hall–Kier alpha value is -3.87. The maximum Gasteiger partial charge on any atom is 0.419 e. The van der Waals surface area contributed by atoms with Crippen molar-refractivity contribution in [1.29, 1.82) is 5.41 Å². The normalized spacial score (nSPS) is 15.2. The predicted octanol–water partition coefficient (Wildman–Crippen LogP) is 2.62. The molecule has 0 aliphatic carbocycles. The minimum atomic E-state index is -3.58. The fraction of sp³-hybridized carbons (Fsp3) is 0.296. The number of aromatic nitrogens is 1. The smallest absolute Gasteiger partial charge is 0.408 e. The SMILES string of the molecule is Cl.N=C(N)N1CCC[C@H](CNS(=O)(=O)c2cccc3ccccc23)C1.NC(=O)CCn1c(=O)oc2ccccc21. The van der Waals surface area contributed by atoms with Gasteiger partial charge in [-0.2, -0.15) is 0 Å². The molecule has 11 nitrogen and oxygen atoms in total. The van der Waals surface area contributed by atoms with Crippen molar-refractivity contribution < 1.29 is 17.6 Å². The predicted molar refractivity (Wildman–Crippen MR) is 157 cm³/mol. The van der Waals surface area contributed by atoms with Crippen molar-refractivity contribution in [1.82, 2.24) is 14.2 Å². The van der Waals surface area contributed by atoms with Crippen LogP contribution in [0.2, 0.25) is 0 Å². The summed E-state index contributed by atoms with van der Waals surface area (Å²) in [7, 11) is -3.58. The summed E-state index contributed by atoms with van der Waals surface area (Å²) >= 11 is 0. The topological polar surface area (TPSA) is 178 Å². The zero-order valence-corrected chi connectivity index (χ0v) is 23.4. The number of hydrogen-bond acceptors (Lipinski definition) is 6. The molecule has 4 aromatic rings. The summed E-state index contributed by atoms with van der Waals surface area (Å²) in [4.78, 5) is 24.1. The number of nitrogens with one attached hydrogen (secondary N) is 2. The molecule has 0 spiro atoms. The molecule has 0 radical (unpaired) electrons. The minimum Gasteiger partial charge on any atom is -0.408 e. The van der Waals surface area contributed by atoms with Crippen molar-refractivity contribution in [3.8, 4) is 0 Å². The number of rotatable bonds is 7. The molecule has 6 N–H and O–H groups in total. The van der Waals surface area contributed by atoms with E-state index >= 15 is 0 Å². The van der Waals surface area contributed by atoms with E-state index in [1.807, 2.05) is 30.3 Å². The lowest BCUT2D eigenvalue weighted by Crippen LogP contribution is -2.46. The number of nitrogens with zero attached hydrogens (tertiary/aromatic N) is 2. The number of halogens is 1. The number of para-hydroxylation sites is 2. The van der Waals surface area contributed by atoms with Crippen LogP contribution in [-0.2, 0) is 21.4 Å². The fourth-order valence-electron chi connectivity index (χ4n) is 4.63. The monoisotopic (exact) mass is 588 g/mol. The molecule has 1 aliphatic heterocycles. The van der Waals surface area contributed by atoms with E-state index in [0.717, 1.165) is 30.2 Å². The Kier molecular flexibility index (Phi) is 10.3. The average Bonchev–Trinajstić information content (AvgIpc) is 3.25. The summed E-state index contributed by atoms with van der Waals surface area (Å²) in [6.07, 6.45) is 1.98. The van der Waals surface area contributed by atoms with E-state index in [4.69, 9.17) is 21.3 Å². The first-order chi connectivity index (χ1) is 18.7. The van der Waals surface area contributed by atoms with E-state index in [1.54, 1.807) is 41.3 Å². The molecular weight excluding hydrogens is 556 g/mol. The molecular formula is C27H33ClN6O5S. The van der Waals surface area contributed by atoms with Crippen LogP contribution in [0.3, 0.4) is 0 Å². The van der Waals surface area contributed by atoms with Crippen molar-refractivity contribution in [2.24, 2.45) is 17.4 Å². The van der Waals surface area contributed by atoms with Crippen molar-refractivity contribution >= 4 is 56.2 Å². The van der Waals surface area contributed by atoms with Gasteiger partial charge >= 0.3 is 5.76 Å². The Morgan fingerprint density at radius 1 is 1.05 bits per heavy atom. The van der Waals surface area contributed by atoms with Crippen LogP contribution in [0.4, 0.5) is 0 Å². The molecule has 0 bridgehead atoms. The van der Waals surface area contributed by atoms with Crippen LogP contribution >= 0.6 is 12.4 Å². The molecule has 1 aromatic heterocycles. The number of primary amides is 1. The molecule has 13 heteroatoms. The third kappa shape index (κ3) is 7.40. The highest BCUT2D eigenvalue weighted by atomic mass is 35.5. The van der Waals surface area contributed by atoms with Gasteiger partial charge in [-0.15, -0.1) is 12.4 Å². The summed E-state index contributed by atoms with van der Waals surface area (Å²) in [5.74, 6) is -0.686. The van der Waals surface area contributed by atoms with Crippen LogP contribution in [0.15, 0.2) is 80.8 Å². The van der Waals surface area contributed by atoms with Crippen LogP contribution in [-0.4, -0.2) is 49.4 Å². The quantitative estimate of drug-likeness (QED) is 0.189. The highest BCUT2D eigenvalue weighted by Gasteiger charge is 2.24. The highest BCUT2D eigenvalue weighted by molar-refractivity contribution is 7.89. The fourth-order valence-corrected chi connectivity index (χ4v) is 5.98. The van der Waals surface area contributed by atoms with E-state index in [9.17, 15) is 18.0 Å². The number of aryl methyl sites for hydroxylation is 1. The maximum atomic E-state index is 12.7. The molecule has 1 fully saturated rings. The molecule has 1 saturated heterocycles. The molecule has 0 saturated carbocycles. The third-order valence-corrected chi connectivity index (χ3v) is 8.10. The molecule has 2 heterocycles. The van der Waals surface area contributed by atoms with Crippen LogP contribution in [0.5, 0.6) is 0 Å². The van der Waals surface area contributed by atoms with Gasteiger partial charge in [0.1, 0.15) is 0 Å². The Bertz CT molecular complexity index is 1650. The standard InChI is InChI=1S/C17H22N4O2S.C10H10N2O3.ClH/c18-17(19)21-10-4-5-13(12-21)11-20-24(22,23)16-9-3-7-14-6-1-2-8-15(14)16;11-9(13)5-6-12-7-3-1-2-4-8(7)15-10(12)14;/h1-3,6-9,13,20H,4-5,10-12H2,(H3,18,19);1-4H,5-6H2,(H2,11,13);1H/t13-;;/m1../s1. The number of carbonyl (C=O) groups is 1. The number of amides is 1. The average molecular weight is 589 g/mol. The number of guanidine groups is 1. The molecule has 0 unspecified atom stereocenters. The maximum absolute atomic E-state index is 12.7. The Labute approximate surface area is 238 Å². The summed E-state index contributed by atoms with van der Waals surface area (Å²) in [6.45, 7) is 2.00. The summed E-state index contributed by atoms with van der Waals surface area (Å²) < 4.78 is 34.5. The van der Waals surface area contributed by atoms with Gasteiger partial charge in [0.2, 0.25) is 15.9 Å². The first-order valence-electron chi connectivity index (χ1n) is 12.6. The number of nitrogens with two attached hydrogens (primary N) is 2. The minimum absolute atomic E-state index is 0. The van der Waals surface area contributed by atoms with Gasteiger partial charge < -0.3 is 20.8 Å². The van der Waals surface area contributed by atoms with Gasteiger partial charge in [-0.25, -0.2) is 17.9 Å². The molecule has 214 valence electrons. The van der Waals surface area contributed by atoms with Gasteiger partial charge in [0.25, 0.3) is 0 Å². The number of sulfonamides is 1. The number of hydrogen-bond donors (Lipinski definition) is 4. The first kappa shape index (κ1) is 30.7. The Balaban J connectivity index is 0.000000238. The van der Waals surface area contributed by atoms with Crippen molar-refractivity contribution in [2.45, 2.75) is 30.7 Å². The second-order valence-corrected chi connectivity index (χ2v) is 11.1. The highest BCUT2D eigenvalue weighted by Crippen LogP contribution is 2.23. The van der Waals surface area contributed by atoms with Crippen molar-refractivity contribution in [3.05, 3.63) is 77.3 Å². The number of carbonyl (C=O) groups excluding carboxylic acids is 1. The van der Waals surface area contributed by atoms with Crippen molar-refractivity contribution in [2.75, 3.05) is 19.6 Å². The van der Waals surface area contributed by atoms with Crippen LogP contribution in [0, 0.1) is 11.3 Å². The summed E-state index contributed by atoms with van der Waals surface area (Å²) in [6, 6.07) is 19.8. The zero-order chi connectivity index (χ0) is 28.0. The van der Waals surface area contributed by atoms with Crippen molar-refractivity contribution in [3.63, 3.8) is 0 Å².